The van der Waals surface area contributed by atoms with Gasteiger partial charge in [-0.3, -0.25) is 9.59 Å². The molecule has 1 saturated heterocycles. The van der Waals surface area contributed by atoms with Crippen molar-refractivity contribution in [2.45, 2.75) is 23.5 Å². The van der Waals surface area contributed by atoms with Crippen molar-refractivity contribution >= 4 is 39.8 Å². The maximum atomic E-state index is 13.4. The molecule has 11 heteroatoms. The second kappa shape index (κ2) is 11.6. The van der Waals surface area contributed by atoms with E-state index in [1.165, 1.54) is 36.4 Å². The van der Waals surface area contributed by atoms with Crippen LogP contribution in [0.1, 0.15) is 12.0 Å². The van der Waals surface area contributed by atoms with E-state index in [4.69, 9.17) is 11.6 Å². The first-order valence-corrected chi connectivity index (χ1v) is 9.63. The van der Waals surface area contributed by atoms with Gasteiger partial charge in [0.2, 0.25) is 5.60 Å². The van der Waals surface area contributed by atoms with Crippen molar-refractivity contribution in [1.82, 2.24) is 5.32 Å². The second-order valence-corrected chi connectivity index (χ2v) is 7.64. The topological polar surface area (TPSA) is 104 Å². The summed E-state index contributed by atoms with van der Waals surface area (Å²) in [6, 6.07) is 9.34. The number of amides is 2. The van der Waals surface area contributed by atoms with Crippen molar-refractivity contribution in [3.8, 4) is 0 Å². The summed E-state index contributed by atoms with van der Waals surface area (Å²) in [7, 11) is -2.48. The number of halogens is 2. The summed E-state index contributed by atoms with van der Waals surface area (Å²) in [5.74, 6) is -2.37. The summed E-state index contributed by atoms with van der Waals surface area (Å²) in [6.07, 6.45) is -0.174. The molecule has 0 aliphatic carbocycles. The van der Waals surface area contributed by atoms with Crippen LogP contribution in [0.5, 0.6) is 0 Å². The van der Waals surface area contributed by atoms with Crippen LogP contribution in [0, 0.1) is 20.7 Å². The normalized spacial score (nSPS) is 17.4. The Morgan fingerprint density at radius 2 is 1.90 bits per heavy atom. The van der Waals surface area contributed by atoms with Crippen LogP contribution < -0.4 is 29.1 Å². The zero-order valence-electron chi connectivity index (χ0n) is 17.4. The van der Waals surface area contributed by atoms with Crippen molar-refractivity contribution in [2.24, 2.45) is 0 Å². The molecule has 3 rings (SSSR count). The minimum atomic E-state index is -2.48. The first kappa shape index (κ1) is 29.1. The molecule has 0 radical (unpaired) electrons. The quantitative estimate of drug-likeness (QED) is 0.278. The predicted octanol–water partition coefficient (Wildman–Crippen LogP) is -0.164. The molecule has 0 spiro atoms. The maximum absolute atomic E-state index is 13.4. The smallest absolute Gasteiger partial charge is 0.420 e. The number of hydrogen-bond donors (Lipinski definition) is 2. The average Bonchev–Trinajstić information content (AvgIpc) is 2.95. The Morgan fingerprint density at radius 3 is 2.52 bits per heavy atom. The Labute approximate surface area is 199 Å². The van der Waals surface area contributed by atoms with Gasteiger partial charge in [0.1, 0.15) is 5.82 Å². The summed E-state index contributed by atoms with van der Waals surface area (Å²) in [4.78, 5) is 26.2. The van der Waals surface area contributed by atoms with Gasteiger partial charge < -0.3 is 38.6 Å². The van der Waals surface area contributed by atoms with Crippen LogP contribution >= 0.6 is 11.6 Å². The molecule has 164 valence electrons. The maximum Gasteiger partial charge on any atom is 1.00 e. The van der Waals surface area contributed by atoms with E-state index in [2.05, 4.69) is 5.32 Å². The standard InChI is InChI=1S/C18H15ClFN2O5S.2CH3.Li/c19-12-6-11(7-13(20)8-12)10-21-16(23)18(25)4-5-22(17(18)24)14-2-1-3-15(9-14)28(26)27;;;/h1-3,6-9,25H,4-5,10H2,(H,21,23);2*1H3;/q3*-1;+1/t18-;;;/m0.../s1. The number of benzene rings is 2. The molecule has 0 aromatic heterocycles. The van der Waals surface area contributed by atoms with E-state index in [1.54, 1.807) is 0 Å². The molecular weight excluding hydrogens is 442 g/mol. The van der Waals surface area contributed by atoms with Gasteiger partial charge in [-0.15, -0.1) is 0 Å². The molecule has 1 aliphatic rings. The summed E-state index contributed by atoms with van der Waals surface area (Å²) in [6.45, 7) is -0.0972. The fourth-order valence-corrected chi connectivity index (χ4v) is 3.61. The molecule has 1 aliphatic heterocycles. The van der Waals surface area contributed by atoms with Crippen molar-refractivity contribution in [3.63, 3.8) is 0 Å². The van der Waals surface area contributed by atoms with Gasteiger partial charge in [-0.05, 0) is 40.5 Å². The number of carbonyl (C=O) groups is 2. The van der Waals surface area contributed by atoms with Crippen LogP contribution in [-0.4, -0.2) is 29.1 Å². The first-order chi connectivity index (χ1) is 13.2. The van der Waals surface area contributed by atoms with E-state index >= 15 is 0 Å². The number of rotatable bonds is 5. The average molecular weight is 463 g/mol. The minimum absolute atomic E-state index is 0. The fraction of sp³-hybridized carbons (Fsp3) is 0.200. The SMILES string of the molecule is O=C(NCc1cc(F)cc(Cl)c1)[C@@]1(O)CCN(c2cccc([S-](=O)=O)c2)C1=O.[CH3-].[CH3-].[Li+]. The minimum Gasteiger partial charge on any atom is -0.420 e. The molecule has 0 unspecified atom stereocenters. The molecule has 31 heavy (non-hydrogen) atoms. The van der Waals surface area contributed by atoms with Gasteiger partial charge in [0.15, 0.2) is 0 Å². The Morgan fingerprint density at radius 1 is 1.23 bits per heavy atom. The van der Waals surface area contributed by atoms with Crippen molar-refractivity contribution in [1.29, 1.82) is 0 Å². The number of carbonyl (C=O) groups excluding carboxylic acids is 2. The number of nitrogens with zero attached hydrogens (tertiary/aromatic N) is 1. The van der Waals surface area contributed by atoms with Crippen LogP contribution in [-0.2, 0) is 35.3 Å². The Balaban J connectivity index is 0.00000300. The molecule has 2 amide bonds. The monoisotopic (exact) mass is 462 g/mol. The van der Waals surface area contributed by atoms with Gasteiger partial charge in [-0.25, -0.2) is 4.39 Å². The zero-order chi connectivity index (χ0) is 20.5. The third-order valence-corrected chi connectivity index (χ3v) is 5.23. The van der Waals surface area contributed by atoms with Gasteiger partial charge in [0, 0.05) is 30.2 Å². The summed E-state index contributed by atoms with van der Waals surface area (Å²) >= 11 is 5.76. The van der Waals surface area contributed by atoms with Crippen LogP contribution in [0.25, 0.3) is 0 Å². The van der Waals surface area contributed by atoms with Crippen LogP contribution in [0.4, 0.5) is 10.1 Å². The summed E-state index contributed by atoms with van der Waals surface area (Å²) in [5.41, 5.74) is -1.67. The van der Waals surface area contributed by atoms with Gasteiger partial charge in [-0.1, -0.05) is 34.7 Å². The predicted molar refractivity (Wildman–Crippen MR) is 111 cm³/mol. The van der Waals surface area contributed by atoms with Gasteiger partial charge >= 0.3 is 18.9 Å². The fourth-order valence-electron chi connectivity index (χ4n) is 2.96. The first-order valence-electron chi connectivity index (χ1n) is 8.17. The van der Waals surface area contributed by atoms with E-state index in [0.717, 1.165) is 11.0 Å². The van der Waals surface area contributed by atoms with E-state index < -0.39 is 33.9 Å². The number of nitrogens with one attached hydrogen (secondary N) is 1. The molecule has 1 fully saturated rings. The Kier molecular flexibility index (Phi) is 10.9. The molecular formula is C20H21ClFLiN2O5S-2. The Hall–Kier alpha value is -1.89. The van der Waals surface area contributed by atoms with Crippen molar-refractivity contribution in [3.05, 3.63) is 73.7 Å². The summed E-state index contributed by atoms with van der Waals surface area (Å²) < 4.78 is 35.6. The van der Waals surface area contributed by atoms with Gasteiger partial charge in [-0.2, -0.15) is 0 Å². The van der Waals surface area contributed by atoms with Gasteiger partial charge in [0.05, 0.1) is 0 Å². The molecule has 1 atom stereocenters. The third-order valence-electron chi connectivity index (χ3n) is 4.37. The number of hydrogen-bond acceptors (Lipinski definition) is 6. The second-order valence-electron chi connectivity index (χ2n) is 6.26. The van der Waals surface area contributed by atoms with Gasteiger partial charge in [0.25, 0.3) is 11.8 Å². The third kappa shape index (κ3) is 6.31. The zero-order valence-corrected chi connectivity index (χ0v) is 18.9. The molecule has 2 aromatic carbocycles. The van der Waals surface area contributed by atoms with E-state index in [1.807, 2.05) is 0 Å². The van der Waals surface area contributed by atoms with E-state index in [9.17, 15) is 27.5 Å². The molecule has 0 bridgehead atoms. The number of anilines is 1. The van der Waals surface area contributed by atoms with E-state index in [-0.39, 0.29) is 68.8 Å². The van der Waals surface area contributed by atoms with Crippen molar-refractivity contribution < 1.29 is 46.4 Å². The molecule has 1 heterocycles. The molecule has 2 aromatic rings. The number of aliphatic hydroxyl groups is 1. The summed E-state index contributed by atoms with van der Waals surface area (Å²) in [5, 5.41) is 13.2. The molecule has 7 nitrogen and oxygen atoms in total. The van der Waals surface area contributed by atoms with E-state index in [0.29, 0.717) is 5.56 Å². The Bertz CT molecular complexity index is 1010. The van der Waals surface area contributed by atoms with Crippen LogP contribution in [0.15, 0.2) is 47.4 Å². The van der Waals surface area contributed by atoms with Crippen LogP contribution in [0.2, 0.25) is 5.02 Å². The largest absolute Gasteiger partial charge is 1.00 e. The molecule has 2 N–H and O–H groups in total. The van der Waals surface area contributed by atoms with Crippen LogP contribution in [0.3, 0.4) is 0 Å². The molecule has 0 saturated carbocycles. The van der Waals surface area contributed by atoms with Crippen molar-refractivity contribution in [2.75, 3.05) is 11.4 Å².